The highest BCUT2D eigenvalue weighted by molar-refractivity contribution is 7.92. The van der Waals surface area contributed by atoms with Crippen LogP contribution in [0.4, 0.5) is 18.9 Å². The molecule has 2 heterocycles. The van der Waals surface area contributed by atoms with Crippen LogP contribution in [0.2, 0.25) is 10.0 Å². The molecule has 0 radical (unpaired) electrons. The third-order valence-corrected chi connectivity index (χ3v) is 6.52. The lowest BCUT2D eigenvalue weighted by Crippen LogP contribution is -2.17. The number of aromatic nitrogens is 3. The Morgan fingerprint density at radius 2 is 1.79 bits per heavy atom. The summed E-state index contributed by atoms with van der Waals surface area (Å²) in [5.74, 6) is -0.650. The molecule has 0 saturated heterocycles. The second kappa shape index (κ2) is 8.32. The van der Waals surface area contributed by atoms with E-state index in [0.29, 0.717) is 17.1 Å². The number of fused-ring (bicyclic) bond motifs is 1. The highest BCUT2D eigenvalue weighted by atomic mass is 35.5. The number of H-pyrrole nitrogens is 1. The number of nitrogens with one attached hydrogen (secondary N) is 2. The number of ketones is 1. The van der Waals surface area contributed by atoms with Gasteiger partial charge in [-0.3, -0.25) is 9.52 Å². The Hall–Kier alpha value is -3.15. The molecular weight excluding hydrogens is 504 g/mol. The number of carbonyl (C=O) groups is 1. The molecule has 0 saturated carbocycles. The Kier molecular flexibility index (Phi) is 5.81. The van der Waals surface area contributed by atoms with Crippen molar-refractivity contribution < 1.29 is 26.4 Å². The lowest BCUT2D eigenvalue weighted by Gasteiger charge is -2.15. The van der Waals surface area contributed by atoms with E-state index in [1.165, 1.54) is 18.2 Å². The van der Waals surface area contributed by atoms with Gasteiger partial charge in [0.15, 0.2) is 0 Å². The predicted molar refractivity (Wildman–Crippen MR) is 116 cm³/mol. The van der Waals surface area contributed by atoms with Gasteiger partial charge in [-0.1, -0.05) is 23.2 Å². The van der Waals surface area contributed by atoms with Crippen LogP contribution in [0.3, 0.4) is 0 Å². The van der Waals surface area contributed by atoms with Gasteiger partial charge < -0.3 is 4.98 Å². The second-order valence-corrected chi connectivity index (χ2v) is 9.25. The average Bonchev–Trinajstić information content (AvgIpc) is 3.21. The van der Waals surface area contributed by atoms with E-state index in [4.69, 9.17) is 23.2 Å². The minimum atomic E-state index is -4.87. The maximum atomic E-state index is 13.2. The van der Waals surface area contributed by atoms with Crippen LogP contribution in [0, 0.1) is 0 Å². The average molecular weight is 515 g/mol. The fourth-order valence-corrected chi connectivity index (χ4v) is 4.57. The summed E-state index contributed by atoms with van der Waals surface area (Å²) in [6, 6.07) is 7.55. The Bertz CT molecular complexity index is 1500. The molecule has 2 aromatic heterocycles. The van der Waals surface area contributed by atoms with E-state index < -0.39 is 37.5 Å². The zero-order valence-corrected chi connectivity index (χ0v) is 18.4. The van der Waals surface area contributed by atoms with Crippen LogP contribution < -0.4 is 4.72 Å². The van der Waals surface area contributed by atoms with Crippen molar-refractivity contribution in [2.45, 2.75) is 11.1 Å². The first kappa shape index (κ1) is 23.0. The summed E-state index contributed by atoms with van der Waals surface area (Å²) in [6.07, 6.45) is -2.15. The lowest BCUT2D eigenvalue weighted by atomic mass is 10.0. The molecular formula is C20H11Cl2F3N4O3S. The van der Waals surface area contributed by atoms with Crippen molar-refractivity contribution in [3.63, 3.8) is 0 Å². The second-order valence-electron chi connectivity index (χ2n) is 6.73. The first-order valence-corrected chi connectivity index (χ1v) is 11.2. The van der Waals surface area contributed by atoms with E-state index in [0.717, 1.165) is 18.5 Å². The Morgan fingerprint density at radius 1 is 1.03 bits per heavy atom. The van der Waals surface area contributed by atoms with Crippen molar-refractivity contribution in [2.24, 2.45) is 0 Å². The van der Waals surface area contributed by atoms with E-state index >= 15 is 0 Å². The fourth-order valence-electron chi connectivity index (χ4n) is 3.07. The summed E-state index contributed by atoms with van der Waals surface area (Å²) < 4.78 is 67.4. The summed E-state index contributed by atoms with van der Waals surface area (Å²) in [5, 5.41) is -0.163. The molecule has 33 heavy (non-hydrogen) atoms. The molecule has 4 aromatic rings. The Labute approximate surface area is 194 Å². The number of nitrogens with zero attached hydrogens (tertiary/aromatic N) is 2. The van der Waals surface area contributed by atoms with Gasteiger partial charge in [0.2, 0.25) is 5.78 Å². The highest BCUT2D eigenvalue weighted by Gasteiger charge is 2.34. The van der Waals surface area contributed by atoms with Crippen molar-refractivity contribution in [1.29, 1.82) is 0 Å². The fraction of sp³-hybridized carbons (Fsp3) is 0.0500. The number of carbonyl (C=O) groups excluding carboxylic acids is 1. The van der Waals surface area contributed by atoms with Gasteiger partial charge in [0, 0.05) is 22.2 Å². The van der Waals surface area contributed by atoms with Crippen LogP contribution in [-0.2, 0) is 16.2 Å². The van der Waals surface area contributed by atoms with Crippen molar-refractivity contribution in [1.82, 2.24) is 15.0 Å². The van der Waals surface area contributed by atoms with Gasteiger partial charge in [-0.25, -0.2) is 18.4 Å². The van der Waals surface area contributed by atoms with Crippen LogP contribution in [-0.4, -0.2) is 29.2 Å². The van der Waals surface area contributed by atoms with Gasteiger partial charge in [-0.05, 0) is 42.5 Å². The van der Waals surface area contributed by atoms with Crippen molar-refractivity contribution in [2.75, 3.05) is 4.72 Å². The normalized spacial score (nSPS) is 12.2. The number of aromatic amines is 1. The number of anilines is 1. The summed E-state index contributed by atoms with van der Waals surface area (Å²) in [4.78, 5) is 23.3. The number of benzene rings is 2. The molecule has 0 fully saturated rings. The molecule has 7 nitrogen and oxygen atoms in total. The number of alkyl halides is 3. The van der Waals surface area contributed by atoms with Gasteiger partial charge in [-0.2, -0.15) is 13.2 Å². The molecule has 13 heteroatoms. The van der Waals surface area contributed by atoms with E-state index in [-0.39, 0.29) is 22.0 Å². The molecule has 0 unspecified atom stereocenters. The highest BCUT2D eigenvalue weighted by Crippen LogP contribution is 2.36. The molecule has 2 aromatic carbocycles. The van der Waals surface area contributed by atoms with Gasteiger partial charge >= 0.3 is 6.18 Å². The third kappa shape index (κ3) is 4.52. The molecule has 2 N–H and O–H groups in total. The minimum absolute atomic E-state index is 0.00475. The zero-order valence-electron chi connectivity index (χ0n) is 16.1. The van der Waals surface area contributed by atoms with Gasteiger partial charge in [0.25, 0.3) is 10.0 Å². The zero-order chi connectivity index (χ0) is 24.0. The van der Waals surface area contributed by atoms with Crippen molar-refractivity contribution >= 4 is 55.7 Å². The molecule has 0 amide bonds. The van der Waals surface area contributed by atoms with E-state index in [1.807, 2.05) is 0 Å². The number of sulfonamides is 1. The minimum Gasteiger partial charge on any atom is -0.346 e. The monoisotopic (exact) mass is 514 g/mol. The standard InChI is InChI=1S/C20H11Cl2F3N4O3S/c21-10-1-3-12(18(30)17-13-5-6-26-19(13)28-9-27-17)16(7-10)29-33(31,32)11-2-4-15(22)14(8-11)20(23,24)25/h1-9,29H,(H,26,27,28). The van der Waals surface area contributed by atoms with Crippen LogP contribution in [0.15, 0.2) is 59.9 Å². The molecule has 0 aliphatic rings. The third-order valence-electron chi connectivity index (χ3n) is 4.59. The summed E-state index contributed by atoms with van der Waals surface area (Å²) in [5.41, 5.74) is -1.28. The lowest BCUT2D eigenvalue weighted by molar-refractivity contribution is -0.137. The van der Waals surface area contributed by atoms with E-state index in [9.17, 15) is 26.4 Å². The molecule has 170 valence electrons. The maximum Gasteiger partial charge on any atom is 0.417 e. The molecule has 0 bridgehead atoms. The number of hydrogen-bond acceptors (Lipinski definition) is 5. The summed E-state index contributed by atoms with van der Waals surface area (Å²) in [7, 11) is -4.56. The van der Waals surface area contributed by atoms with Crippen molar-refractivity contribution in [3.05, 3.63) is 81.9 Å². The van der Waals surface area contributed by atoms with E-state index in [2.05, 4.69) is 19.7 Å². The van der Waals surface area contributed by atoms with Crippen LogP contribution >= 0.6 is 23.2 Å². The SMILES string of the molecule is O=C(c1ccc(Cl)cc1NS(=O)(=O)c1ccc(Cl)c(C(F)(F)F)c1)c1ncnc2[nH]ccc12. The topological polar surface area (TPSA) is 105 Å². The largest absolute Gasteiger partial charge is 0.417 e. The molecule has 4 rings (SSSR count). The summed E-state index contributed by atoms with van der Waals surface area (Å²) >= 11 is 11.6. The maximum absolute atomic E-state index is 13.2. The van der Waals surface area contributed by atoms with Gasteiger partial charge in [0.1, 0.15) is 17.7 Å². The quantitative estimate of drug-likeness (QED) is 0.351. The number of rotatable bonds is 5. The smallest absolute Gasteiger partial charge is 0.346 e. The number of hydrogen-bond donors (Lipinski definition) is 2. The van der Waals surface area contributed by atoms with Crippen LogP contribution in [0.1, 0.15) is 21.6 Å². The molecule has 0 aliphatic carbocycles. The molecule has 0 aliphatic heterocycles. The van der Waals surface area contributed by atoms with Gasteiger partial charge in [-0.15, -0.1) is 0 Å². The first-order chi connectivity index (χ1) is 15.5. The molecule has 0 atom stereocenters. The predicted octanol–water partition coefficient (Wildman–Crippen LogP) is 5.32. The summed E-state index contributed by atoms with van der Waals surface area (Å²) in [6.45, 7) is 0. The first-order valence-electron chi connectivity index (χ1n) is 8.99. The van der Waals surface area contributed by atoms with Gasteiger partial charge in [0.05, 0.1) is 21.2 Å². The van der Waals surface area contributed by atoms with E-state index in [1.54, 1.807) is 12.3 Å². The Balaban J connectivity index is 1.78. The number of halogens is 5. The van der Waals surface area contributed by atoms with Crippen LogP contribution in [0.5, 0.6) is 0 Å². The Morgan fingerprint density at radius 3 is 2.52 bits per heavy atom. The van der Waals surface area contributed by atoms with Crippen molar-refractivity contribution in [3.8, 4) is 0 Å². The van der Waals surface area contributed by atoms with Crippen LogP contribution in [0.25, 0.3) is 11.0 Å². The molecule has 0 spiro atoms.